The Hall–Kier alpha value is -0.200. The van der Waals surface area contributed by atoms with Gasteiger partial charge in [-0.2, -0.15) is 0 Å². The molecule has 0 bridgehead atoms. The summed E-state index contributed by atoms with van der Waals surface area (Å²) in [6.07, 6.45) is -2.78. The second-order valence-corrected chi connectivity index (χ2v) is 2.70. The molecule has 0 aliphatic carbocycles. The average Bonchev–Trinajstić information content (AvgIpc) is 2.01. The predicted octanol–water partition coefficient (Wildman–Crippen LogP) is -2.57. The maximum absolute atomic E-state index is 9.19. The highest BCUT2D eigenvalue weighted by Gasteiger charge is 2.35. The third kappa shape index (κ3) is 1.69. The summed E-state index contributed by atoms with van der Waals surface area (Å²) in [6.45, 7) is -0.131. The molecule has 0 saturated carbocycles. The molecule has 5 nitrogen and oxygen atoms in total. The highest BCUT2D eigenvalue weighted by Crippen LogP contribution is 2.13. The van der Waals surface area contributed by atoms with Crippen LogP contribution in [0.4, 0.5) is 0 Å². The third-order valence-electron chi connectivity index (χ3n) is 1.85. The Bertz CT molecular complexity index is 130. The molecule has 66 valence electrons. The molecule has 1 aliphatic heterocycles. The molecule has 5 N–H and O–H groups in total. The fraction of sp³-hybridized carbons (Fsp3) is 1.00. The van der Waals surface area contributed by atoms with Gasteiger partial charge in [0, 0.05) is 0 Å². The Morgan fingerprint density at radius 2 is 2.00 bits per heavy atom. The fourth-order valence-electron chi connectivity index (χ4n) is 1.07. The van der Waals surface area contributed by atoms with Crippen LogP contribution < -0.4 is 5.73 Å². The Morgan fingerprint density at radius 1 is 1.36 bits per heavy atom. The van der Waals surface area contributed by atoms with E-state index in [4.69, 9.17) is 15.6 Å². The topological polar surface area (TPSA) is 95.9 Å². The van der Waals surface area contributed by atoms with E-state index in [1.54, 1.807) is 0 Å². The van der Waals surface area contributed by atoms with Crippen LogP contribution in [0.5, 0.6) is 0 Å². The minimum absolute atomic E-state index is 0.170. The molecule has 1 saturated heterocycles. The summed E-state index contributed by atoms with van der Waals surface area (Å²) in [5, 5.41) is 27.0. The number of nitrogens with two attached hydrogens (primary N) is 1. The first-order chi connectivity index (χ1) is 5.16. The molecule has 5 heteroatoms. The van der Waals surface area contributed by atoms with Gasteiger partial charge in [0.15, 0.2) is 0 Å². The van der Waals surface area contributed by atoms with Gasteiger partial charge < -0.3 is 25.8 Å². The number of aliphatic hydroxyl groups is 3. The maximum Gasteiger partial charge on any atom is 0.110 e. The molecule has 0 radical (unpaired) electrons. The van der Waals surface area contributed by atoms with Crippen molar-refractivity contribution in [2.45, 2.75) is 24.4 Å². The van der Waals surface area contributed by atoms with E-state index >= 15 is 0 Å². The lowest BCUT2D eigenvalue weighted by atomic mass is 9.99. The van der Waals surface area contributed by atoms with Crippen LogP contribution in [-0.2, 0) is 4.74 Å². The number of ether oxygens (including phenoxy) is 1. The molecular weight excluding hydrogens is 150 g/mol. The zero-order chi connectivity index (χ0) is 8.43. The van der Waals surface area contributed by atoms with Crippen molar-refractivity contribution in [3.8, 4) is 0 Å². The van der Waals surface area contributed by atoms with Crippen molar-refractivity contribution in [3.63, 3.8) is 0 Å². The van der Waals surface area contributed by atoms with Crippen molar-refractivity contribution in [1.82, 2.24) is 0 Å². The van der Waals surface area contributed by atoms with Crippen molar-refractivity contribution in [2.75, 3.05) is 13.2 Å². The van der Waals surface area contributed by atoms with E-state index in [1.807, 2.05) is 0 Å². The molecule has 1 aliphatic rings. The molecule has 1 heterocycles. The quantitative estimate of drug-likeness (QED) is 0.340. The maximum atomic E-state index is 9.19. The molecule has 11 heavy (non-hydrogen) atoms. The van der Waals surface area contributed by atoms with Crippen LogP contribution in [-0.4, -0.2) is 52.9 Å². The zero-order valence-electron chi connectivity index (χ0n) is 6.05. The van der Waals surface area contributed by atoms with Crippen molar-refractivity contribution in [1.29, 1.82) is 0 Å². The smallest absolute Gasteiger partial charge is 0.110 e. The molecule has 4 atom stereocenters. The van der Waals surface area contributed by atoms with Crippen LogP contribution in [0, 0.1) is 0 Å². The summed E-state index contributed by atoms with van der Waals surface area (Å²) >= 11 is 0. The highest BCUT2D eigenvalue weighted by molar-refractivity contribution is 4.88. The predicted molar refractivity (Wildman–Crippen MR) is 36.8 cm³/mol. The van der Waals surface area contributed by atoms with Crippen LogP contribution in [0.2, 0.25) is 0 Å². The van der Waals surface area contributed by atoms with Gasteiger partial charge in [0.2, 0.25) is 0 Å². The summed E-state index contributed by atoms with van der Waals surface area (Å²) < 4.78 is 4.94. The lowest BCUT2D eigenvalue weighted by Gasteiger charge is -2.34. The highest BCUT2D eigenvalue weighted by atomic mass is 16.5. The fourth-order valence-corrected chi connectivity index (χ4v) is 1.07. The molecule has 0 amide bonds. The Labute approximate surface area is 64.4 Å². The Kier molecular flexibility index (Phi) is 2.80. The molecule has 3 unspecified atom stereocenters. The first kappa shape index (κ1) is 8.89. The van der Waals surface area contributed by atoms with Crippen molar-refractivity contribution >= 4 is 0 Å². The second-order valence-electron chi connectivity index (χ2n) is 2.70. The van der Waals surface area contributed by atoms with Crippen molar-refractivity contribution in [3.05, 3.63) is 0 Å². The SMILES string of the molecule is N[C@@H]1COC(CO)C(O)C1O. The van der Waals surface area contributed by atoms with Crippen molar-refractivity contribution < 1.29 is 20.1 Å². The minimum atomic E-state index is -1.08. The van der Waals surface area contributed by atoms with Gasteiger partial charge in [-0.3, -0.25) is 0 Å². The van der Waals surface area contributed by atoms with Gasteiger partial charge in [-0.25, -0.2) is 0 Å². The van der Waals surface area contributed by atoms with Gasteiger partial charge in [-0.05, 0) is 0 Å². The van der Waals surface area contributed by atoms with E-state index in [0.717, 1.165) is 0 Å². The molecular formula is C6H13NO4. The van der Waals surface area contributed by atoms with E-state index in [1.165, 1.54) is 0 Å². The first-order valence-electron chi connectivity index (χ1n) is 3.51. The molecule has 0 aromatic carbocycles. The van der Waals surface area contributed by atoms with Crippen LogP contribution in [0.1, 0.15) is 0 Å². The van der Waals surface area contributed by atoms with Crippen LogP contribution in [0.3, 0.4) is 0 Å². The van der Waals surface area contributed by atoms with Gasteiger partial charge in [-0.1, -0.05) is 0 Å². The lowest BCUT2D eigenvalue weighted by molar-refractivity contribution is -0.156. The van der Waals surface area contributed by atoms with E-state index < -0.39 is 24.4 Å². The van der Waals surface area contributed by atoms with Gasteiger partial charge in [0.05, 0.1) is 25.4 Å². The van der Waals surface area contributed by atoms with Crippen LogP contribution >= 0.6 is 0 Å². The first-order valence-corrected chi connectivity index (χ1v) is 3.51. The largest absolute Gasteiger partial charge is 0.394 e. The van der Waals surface area contributed by atoms with E-state index in [9.17, 15) is 10.2 Å². The van der Waals surface area contributed by atoms with Crippen LogP contribution in [0.25, 0.3) is 0 Å². The third-order valence-corrected chi connectivity index (χ3v) is 1.85. The molecule has 1 rings (SSSR count). The summed E-state index contributed by atoms with van der Waals surface area (Å²) in [5.74, 6) is 0. The number of hydrogen-bond acceptors (Lipinski definition) is 5. The monoisotopic (exact) mass is 163 g/mol. The van der Waals surface area contributed by atoms with Gasteiger partial charge in [-0.15, -0.1) is 0 Å². The Morgan fingerprint density at radius 3 is 2.55 bits per heavy atom. The molecule has 1 fully saturated rings. The van der Waals surface area contributed by atoms with E-state index in [-0.39, 0.29) is 13.2 Å². The van der Waals surface area contributed by atoms with Gasteiger partial charge in [0.1, 0.15) is 12.2 Å². The van der Waals surface area contributed by atoms with E-state index in [0.29, 0.717) is 0 Å². The van der Waals surface area contributed by atoms with Crippen LogP contribution in [0.15, 0.2) is 0 Å². The number of hydrogen-bond donors (Lipinski definition) is 4. The van der Waals surface area contributed by atoms with Gasteiger partial charge in [0.25, 0.3) is 0 Å². The Balaban J connectivity index is 2.52. The molecule has 0 aromatic heterocycles. The normalized spacial score (nSPS) is 45.8. The standard InChI is InChI=1S/C6H13NO4/c7-3-2-11-4(1-8)6(10)5(3)9/h3-6,8-10H,1-2,7H2/t3-,4?,5?,6?/m1/s1. The number of aliphatic hydroxyl groups excluding tert-OH is 3. The van der Waals surface area contributed by atoms with Gasteiger partial charge >= 0.3 is 0 Å². The second kappa shape index (κ2) is 3.46. The number of rotatable bonds is 1. The molecule has 0 spiro atoms. The molecule has 0 aromatic rings. The lowest BCUT2D eigenvalue weighted by Crippen LogP contribution is -2.57. The summed E-state index contributed by atoms with van der Waals surface area (Å²) in [5.41, 5.74) is 5.37. The van der Waals surface area contributed by atoms with E-state index in [2.05, 4.69) is 0 Å². The summed E-state index contributed by atoms with van der Waals surface area (Å²) in [4.78, 5) is 0. The summed E-state index contributed by atoms with van der Waals surface area (Å²) in [6, 6.07) is -0.562. The zero-order valence-corrected chi connectivity index (χ0v) is 6.05. The van der Waals surface area contributed by atoms with Crippen molar-refractivity contribution in [2.24, 2.45) is 5.73 Å². The average molecular weight is 163 g/mol. The minimum Gasteiger partial charge on any atom is -0.394 e. The summed E-state index contributed by atoms with van der Waals surface area (Å²) in [7, 11) is 0.